The molecule has 32 heavy (non-hydrogen) atoms. The lowest BCUT2D eigenvalue weighted by molar-refractivity contribution is 0.0365. The molecule has 5 heterocycles. The summed E-state index contributed by atoms with van der Waals surface area (Å²) >= 11 is 0. The minimum atomic E-state index is -0.471. The summed E-state index contributed by atoms with van der Waals surface area (Å²) in [6.07, 6.45) is 5.37. The molecule has 4 aromatic heterocycles. The molecule has 0 spiro atoms. The quantitative estimate of drug-likeness (QED) is 0.459. The fourth-order valence-electron chi connectivity index (χ4n) is 4.10. The highest BCUT2D eigenvalue weighted by Gasteiger charge is 2.20. The Morgan fingerprint density at radius 1 is 1.25 bits per heavy atom. The Hall–Kier alpha value is -3.50. The molecule has 0 bridgehead atoms. The number of carbonyl (C=O) groups excluding carboxylic acids is 1. The van der Waals surface area contributed by atoms with Gasteiger partial charge in [0.15, 0.2) is 5.65 Å². The summed E-state index contributed by atoms with van der Waals surface area (Å²) in [7, 11) is 3.16. The molecule has 0 unspecified atom stereocenters. The number of nitrogens with zero attached hydrogens (tertiary/aromatic N) is 6. The smallest absolute Gasteiger partial charge is 0.343 e. The zero-order valence-electron chi connectivity index (χ0n) is 18.1. The number of esters is 1. The lowest BCUT2D eigenvalue weighted by Crippen LogP contribution is -2.38. The number of rotatable bonds is 6. The number of fused-ring (bicyclic) bond motifs is 2. The molecule has 1 fully saturated rings. The maximum Gasteiger partial charge on any atom is 0.343 e. The Morgan fingerprint density at radius 2 is 2.09 bits per heavy atom. The molecule has 1 N–H and O–H groups in total. The molecule has 0 radical (unpaired) electrons. The second-order valence-corrected chi connectivity index (χ2v) is 7.63. The highest BCUT2D eigenvalue weighted by molar-refractivity contribution is 5.97. The van der Waals surface area contributed by atoms with Crippen LogP contribution in [0.1, 0.15) is 10.4 Å². The fraction of sp³-hybridized carbons (Fsp3) is 0.364. The Bertz CT molecular complexity index is 1270. The standard InChI is InChI=1S/C22H25N7O3/c1-23-19-12-18(26-21-16(22(30)31-2)13-25-29(19)21)17-14-28(20-15(17)4-3-5-24-20)7-6-27-8-10-32-11-9-27/h3-5,12-14,23H,6-11H2,1-2H3. The second kappa shape index (κ2) is 8.56. The maximum absolute atomic E-state index is 12.2. The van der Waals surface area contributed by atoms with Crippen molar-refractivity contribution in [3.63, 3.8) is 0 Å². The molecule has 10 nitrogen and oxygen atoms in total. The molecule has 1 aliphatic heterocycles. The van der Waals surface area contributed by atoms with Crippen molar-refractivity contribution < 1.29 is 14.3 Å². The van der Waals surface area contributed by atoms with Crippen LogP contribution in [0.4, 0.5) is 5.82 Å². The largest absolute Gasteiger partial charge is 0.465 e. The Labute approximate surface area is 184 Å². The van der Waals surface area contributed by atoms with Crippen molar-refractivity contribution in [1.82, 2.24) is 29.0 Å². The van der Waals surface area contributed by atoms with E-state index in [1.165, 1.54) is 13.3 Å². The summed E-state index contributed by atoms with van der Waals surface area (Å²) in [6.45, 7) is 5.18. The summed E-state index contributed by atoms with van der Waals surface area (Å²) in [6, 6.07) is 5.90. The van der Waals surface area contributed by atoms with Gasteiger partial charge in [-0.25, -0.2) is 14.8 Å². The molecule has 4 aromatic rings. The first-order valence-corrected chi connectivity index (χ1v) is 10.6. The van der Waals surface area contributed by atoms with Crippen LogP contribution in [-0.2, 0) is 16.0 Å². The minimum absolute atomic E-state index is 0.319. The zero-order chi connectivity index (χ0) is 22.1. The first-order chi connectivity index (χ1) is 15.7. The van der Waals surface area contributed by atoms with Gasteiger partial charge in [-0.05, 0) is 12.1 Å². The first-order valence-electron chi connectivity index (χ1n) is 10.6. The SMILES string of the molecule is CNc1cc(-c2cn(CCN3CCOCC3)c3ncccc23)nc2c(C(=O)OC)cnn12. The van der Waals surface area contributed by atoms with Crippen LogP contribution in [0.2, 0.25) is 0 Å². The van der Waals surface area contributed by atoms with Gasteiger partial charge >= 0.3 is 5.97 Å². The summed E-state index contributed by atoms with van der Waals surface area (Å²) in [4.78, 5) is 24.0. The van der Waals surface area contributed by atoms with Gasteiger partial charge in [0.2, 0.25) is 0 Å². The monoisotopic (exact) mass is 435 g/mol. The lowest BCUT2D eigenvalue weighted by atomic mass is 10.1. The number of ether oxygens (including phenoxy) is 2. The molecular formula is C22H25N7O3. The van der Waals surface area contributed by atoms with Gasteiger partial charge < -0.3 is 19.4 Å². The van der Waals surface area contributed by atoms with Crippen LogP contribution in [0.25, 0.3) is 27.9 Å². The maximum atomic E-state index is 12.2. The molecule has 0 saturated carbocycles. The van der Waals surface area contributed by atoms with Crippen molar-refractivity contribution >= 4 is 28.5 Å². The van der Waals surface area contributed by atoms with E-state index in [9.17, 15) is 4.79 Å². The van der Waals surface area contributed by atoms with E-state index in [2.05, 4.69) is 31.1 Å². The third kappa shape index (κ3) is 3.57. The van der Waals surface area contributed by atoms with Crippen LogP contribution in [-0.4, -0.2) is 82.0 Å². The number of nitrogens with one attached hydrogen (secondary N) is 1. The van der Waals surface area contributed by atoms with E-state index in [1.807, 2.05) is 25.2 Å². The summed E-state index contributed by atoms with van der Waals surface area (Å²) < 4.78 is 14.1. The normalized spacial score (nSPS) is 14.8. The van der Waals surface area contributed by atoms with E-state index >= 15 is 0 Å². The predicted molar refractivity (Wildman–Crippen MR) is 120 cm³/mol. The van der Waals surface area contributed by atoms with E-state index in [4.69, 9.17) is 14.5 Å². The van der Waals surface area contributed by atoms with Crippen molar-refractivity contribution in [3.8, 4) is 11.3 Å². The third-order valence-corrected chi connectivity index (χ3v) is 5.80. The Kier molecular flexibility index (Phi) is 5.46. The van der Waals surface area contributed by atoms with Gasteiger partial charge in [0.25, 0.3) is 0 Å². The number of morpholine rings is 1. The van der Waals surface area contributed by atoms with Gasteiger partial charge in [0, 0.05) is 62.6 Å². The Balaban J connectivity index is 1.58. The van der Waals surface area contributed by atoms with Crippen molar-refractivity contribution in [2.45, 2.75) is 6.54 Å². The fourth-order valence-corrected chi connectivity index (χ4v) is 4.10. The molecule has 0 atom stereocenters. The second-order valence-electron chi connectivity index (χ2n) is 7.63. The van der Waals surface area contributed by atoms with E-state index in [0.29, 0.717) is 11.2 Å². The summed E-state index contributed by atoms with van der Waals surface area (Å²) in [5.74, 6) is 0.250. The molecule has 5 rings (SSSR count). The molecule has 1 saturated heterocycles. The van der Waals surface area contributed by atoms with Crippen molar-refractivity contribution in [1.29, 1.82) is 0 Å². The molecular weight excluding hydrogens is 410 g/mol. The average molecular weight is 435 g/mol. The first kappa shape index (κ1) is 20.4. The lowest BCUT2D eigenvalue weighted by Gasteiger charge is -2.26. The molecule has 0 aromatic carbocycles. The number of methoxy groups -OCH3 is 1. The third-order valence-electron chi connectivity index (χ3n) is 5.80. The van der Waals surface area contributed by atoms with E-state index in [-0.39, 0.29) is 0 Å². The molecule has 10 heteroatoms. The van der Waals surface area contributed by atoms with Gasteiger partial charge in [0.05, 0.1) is 32.2 Å². The number of pyridine rings is 1. The van der Waals surface area contributed by atoms with Crippen LogP contribution in [0.3, 0.4) is 0 Å². The van der Waals surface area contributed by atoms with Crippen LogP contribution in [0.15, 0.2) is 36.8 Å². The number of hydrogen-bond acceptors (Lipinski definition) is 8. The van der Waals surface area contributed by atoms with Crippen LogP contribution in [0.5, 0.6) is 0 Å². The van der Waals surface area contributed by atoms with Crippen LogP contribution in [0, 0.1) is 0 Å². The zero-order valence-corrected chi connectivity index (χ0v) is 18.1. The predicted octanol–water partition coefficient (Wildman–Crippen LogP) is 1.91. The van der Waals surface area contributed by atoms with Gasteiger partial charge in [-0.15, -0.1) is 0 Å². The molecule has 0 amide bonds. The minimum Gasteiger partial charge on any atom is -0.465 e. The average Bonchev–Trinajstić information content (AvgIpc) is 3.44. The molecule has 1 aliphatic rings. The van der Waals surface area contributed by atoms with Gasteiger partial charge in [0.1, 0.15) is 17.0 Å². The number of anilines is 1. The highest BCUT2D eigenvalue weighted by atomic mass is 16.5. The van der Waals surface area contributed by atoms with Crippen LogP contribution < -0.4 is 5.32 Å². The number of aromatic nitrogens is 5. The topological polar surface area (TPSA) is 98.8 Å². The van der Waals surface area contributed by atoms with Gasteiger partial charge in [-0.2, -0.15) is 9.61 Å². The number of carbonyl (C=O) groups is 1. The Morgan fingerprint density at radius 3 is 2.88 bits per heavy atom. The molecule has 0 aliphatic carbocycles. The highest BCUT2D eigenvalue weighted by Crippen LogP contribution is 2.31. The van der Waals surface area contributed by atoms with Gasteiger partial charge in [-0.3, -0.25) is 4.90 Å². The van der Waals surface area contributed by atoms with E-state index in [1.54, 1.807) is 10.7 Å². The van der Waals surface area contributed by atoms with E-state index < -0.39 is 5.97 Å². The summed E-state index contributed by atoms with van der Waals surface area (Å²) in [5, 5.41) is 8.45. The summed E-state index contributed by atoms with van der Waals surface area (Å²) in [5.41, 5.74) is 3.35. The number of hydrogen-bond donors (Lipinski definition) is 1. The van der Waals surface area contributed by atoms with Crippen LogP contribution >= 0.6 is 0 Å². The van der Waals surface area contributed by atoms with Crippen molar-refractivity contribution in [2.75, 3.05) is 52.3 Å². The van der Waals surface area contributed by atoms with E-state index in [0.717, 1.165) is 67.5 Å². The van der Waals surface area contributed by atoms with Crippen molar-refractivity contribution in [2.24, 2.45) is 0 Å². The van der Waals surface area contributed by atoms with Crippen molar-refractivity contribution in [3.05, 3.63) is 42.4 Å². The van der Waals surface area contributed by atoms with Gasteiger partial charge in [-0.1, -0.05) is 0 Å². The molecule has 166 valence electrons.